The number of nitrogens with zero attached hydrogens (tertiary/aromatic N) is 2. The molecule has 0 saturated heterocycles. The standard InChI is InChI=1S/C23H15Cl2N3O/c24-18-9-10-22(29-14-15-5-1-2-6-19(15)25)16(12-18)11-17(13-26)23-27-20-7-3-4-8-21(20)28-23/h1-12H,14H2,(H,27,28)/b17-11+. The van der Waals surface area contributed by atoms with E-state index in [4.69, 9.17) is 27.9 Å². The Morgan fingerprint density at radius 1 is 1.07 bits per heavy atom. The van der Waals surface area contributed by atoms with Crippen molar-refractivity contribution < 1.29 is 4.74 Å². The van der Waals surface area contributed by atoms with Crippen LogP contribution in [0.5, 0.6) is 5.75 Å². The lowest BCUT2D eigenvalue weighted by Crippen LogP contribution is -1.98. The summed E-state index contributed by atoms with van der Waals surface area (Å²) in [4.78, 5) is 7.67. The number of aromatic amines is 1. The SMILES string of the molecule is N#C/C(=C\c1cc(Cl)ccc1OCc1ccccc1Cl)c1nc2ccccc2[nH]1. The normalized spacial score (nSPS) is 11.4. The fourth-order valence-corrected chi connectivity index (χ4v) is 3.29. The molecule has 0 bridgehead atoms. The number of fused-ring (bicyclic) bond motifs is 1. The van der Waals surface area contributed by atoms with Gasteiger partial charge in [-0.3, -0.25) is 0 Å². The van der Waals surface area contributed by atoms with Gasteiger partial charge < -0.3 is 9.72 Å². The molecule has 1 N–H and O–H groups in total. The van der Waals surface area contributed by atoms with E-state index in [-0.39, 0.29) is 0 Å². The molecule has 142 valence electrons. The van der Waals surface area contributed by atoms with E-state index in [1.807, 2.05) is 48.5 Å². The number of imidazole rings is 1. The van der Waals surface area contributed by atoms with E-state index in [0.717, 1.165) is 16.6 Å². The molecule has 0 spiro atoms. The molecule has 0 aliphatic carbocycles. The van der Waals surface area contributed by atoms with Gasteiger partial charge in [-0.2, -0.15) is 5.26 Å². The number of nitriles is 1. The van der Waals surface area contributed by atoms with Gasteiger partial charge in [-0.1, -0.05) is 53.5 Å². The van der Waals surface area contributed by atoms with Crippen LogP contribution in [0.4, 0.5) is 0 Å². The van der Waals surface area contributed by atoms with Gasteiger partial charge in [0.25, 0.3) is 0 Å². The van der Waals surface area contributed by atoms with Crippen LogP contribution in [0, 0.1) is 11.3 Å². The smallest absolute Gasteiger partial charge is 0.149 e. The summed E-state index contributed by atoms with van der Waals surface area (Å²) in [5.41, 5.74) is 3.60. The van der Waals surface area contributed by atoms with Crippen LogP contribution in [0.15, 0.2) is 66.7 Å². The summed E-state index contributed by atoms with van der Waals surface area (Å²) in [6.45, 7) is 0.300. The van der Waals surface area contributed by atoms with Gasteiger partial charge in [-0.05, 0) is 42.5 Å². The van der Waals surface area contributed by atoms with E-state index in [9.17, 15) is 5.26 Å². The maximum absolute atomic E-state index is 9.70. The number of halogens is 2. The molecule has 0 fully saturated rings. The van der Waals surface area contributed by atoms with Crippen molar-refractivity contribution >= 4 is 45.9 Å². The monoisotopic (exact) mass is 419 g/mol. The molecular weight excluding hydrogens is 405 g/mol. The summed E-state index contributed by atoms with van der Waals surface area (Å²) in [6, 6.07) is 22.6. The fourth-order valence-electron chi connectivity index (χ4n) is 2.92. The number of hydrogen-bond donors (Lipinski definition) is 1. The molecule has 0 unspecified atom stereocenters. The number of nitrogens with one attached hydrogen (secondary N) is 1. The molecule has 4 aromatic rings. The van der Waals surface area contributed by atoms with Gasteiger partial charge in [0.1, 0.15) is 24.3 Å². The Balaban J connectivity index is 1.68. The minimum Gasteiger partial charge on any atom is -0.488 e. The molecule has 29 heavy (non-hydrogen) atoms. The Labute approximate surface area is 178 Å². The van der Waals surface area contributed by atoms with Crippen molar-refractivity contribution in [3.63, 3.8) is 0 Å². The van der Waals surface area contributed by atoms with Crippen LogP contribution < -0.4 is 4.74 Å². The maximum Gasteiger partial charge on any atom is 0.149 e. The molecule has 0 saturated carbocycles. The number of rotatable bonds is 5. The summed E-state index contributed by atoms with van der Waals surface area (Å²) >= 11 is 12.4. The Kier molecular flexibility index (Phi) is 5.53. The molecule has 0 aliphatic rings. The minimum absolute atomic E-state index is 0.300. The number of allylic oxidation sites excluding steroid dienone is 1. The van der Waals surface area contributed by atoms with Crippen molar-refractivity contribution in [2.45, 2.75) is 6.61 Å². The minimum atomic E-state index is 0.300. The molecule has 6 heteroatoms. The van der Waals surface area contributed by atoms with Gasteiger partial charge in [-0.25, -0.2) is 4.98 Å². The highest BCUT2D eigenvalue weighted by atomic mass is 35.5. The van der Waals surface area contributed by atoms with Crippen molar-refractivity contribution in [3.05, 3.63) is 93.7 Å². The Hall–Kier alpha value is -3.26. The number of benzene rings is 3. The molecule has 4 nitrogen and oxygen atoms in total. The van der Waals surface area contributed by atoms with Gasteiger partial charge in [-0.15, -0.1) is 0 Å². The summed E-state index contributed by atoms with van der Waals surface area (Å²) < 4.78 is 5.97. The van der Waals surface area contributed by atoms with Crippen LogP contribution in [0.2, 0.25) is 10.0 Å². The maximum atomic E-state index is 9.70. The second-order valence-corrected chi connectivity index (χ2v) is 7.18. The summed E-state index contributed by atoms with van der Waals surface area (Å²) in [5.74, 6) is 1.09. The van der Waals surface area contributed by atoms with Crippen LogP contribution in [-0.4, -0.2) is 9.97 Å². The molecule has 3 aromatic carbocycles. The van der Waals surface area contributed by atoms with Crippen LogP contribution in [-0.2, 0) is 6.61 Å². The second-order valence-electron chi connectivity index (χ2n) is 6.33. The lowest BCUT2D eigenvalue weighted by molar-refractivity contribution is 0.305. The second kappa shape index (κ2) is 8.40. The van der Waals surface area contributed by atoms with Gasteiger partial charge >= 0.3 is 0 Å². The quantitative estimate of drug-likeness (QED) is 0.374. The number of hydrogen-bond acceptors (Lipinski definition) is 3. The van der Waals surface area contributed by atoms with Crippen LogP contribution in [0.3, 0.4) is 0 Å². The third-order valence-electron chi connectivity index (χ3n) is 4.38. The predicted molar refractivity (Wildman–Crippen MR) is 117 cm³/mol. The highest BCUT2D eigenvalue weighted by Gasteiger charge is 2.11. The topological polar surface area (TPSA) is 61.7 Å². The first-order valence-electron chi connectivity index (χ1n) is 8.87. The van der Waals surface area contributed by atoms with E-state index in [2.05, 4.69) is 16.0 Å². The summed E-state index contributed by atoms with van der Waals surface area (Å²) in [7, 11) is 0. The number of ether oxygens (including phenoxy) is 1. The average molecular weight is 420 g/mol. The van der Waals surface area contributed by atoms with Crippen molar-refractivity contribution in [3.8, 4) is 11.8 Å². The first-order chi connectivity index (χ1) is 14.1. The Morgan fingerprint density at radius 2 is 1.86 bits per heavy atom. The van der Waals surface area contributed by atoms with Crippen molar-refractivity contribution in [1.82, 2.24) is 9.97 Å². The van der Waals surface area contributed by atoms with Crippen LogP contribution in [0.1, 0.15) is 17.0 Å². The first-order valence-corrected chi connectivity index (χ1v) is 9.62. The lowest BCUT2D eigenvalue weighted by atomic mass is 10.1. The predicted octanol–water partition coefficient (Wildman–Crippen LogP) is 6.51. The summed E-state index contributed by atoms with van der Waals surface area (Å²) in [5, 5.41) is 10.9. The lowest BCUT2D eigenvalue weighted by Gasteiger charge is -2.11. The molecule has 0 atom stereocenters. The van der Waals surface area contributed by atoms with E-state index >= 15 is 0 Å². The van der Waals surface area contributed by atoms with Gasteiger partial charge in [0.05, 0.1) is 16.6 Å². The largest absolute Gasteiger partial charge is 0.488 e. The number of para-hydroxylation sites is 2. The van der Waals surface area contributed by atoms with E-state index in [0.29, 0.717) is 39.4 Å². The zero-order chi connectivity index (χ0) is 20.2. The Bertz CT molecular complexity index is 1220. The zero-order valence-electron chi connectivity index (χ0n) is 15.2. The summed E-state index contributed by atoms with van der Waals surface area (Å²) in [6.07, 6.45) is 1.71. The molecular formula is C23H15Cl2N3O. The third kappa shape index (κ3) is 4.27. The van der Waals surface area contributed by atoms with Gasteiger partial charge in [0.15, 0.2) is 0 Å². The van der Waals surface area contributed by atoms with Crippen molar-refractivity contribution in [2.75, 3.05) is 0 Å². The molecule has 1 heterocycles. The molecule has 0 radical (unpaired) electrons. The van der Waals surface area contributed by atoms with Crippen LogP contribution in [0.25, 0.3) is 22.7 Å². The van der Waals surface area contributed by atoms with E-state index in [1.54, 1.807) is 24.3 Å². The molecule has 1 aromatic heterocycles. The Morgan fingerprint density at radius 3 is 2.66 bits per heavy atom. The van der Waals surface area contributed by atoms with E-state index < -0.39 is 0 Å². The number of aromatic nitrogens is 2. The fraction of sp³-hybridized carbons (Fsp3) is 0.0435. The van der Waals surface area contributed by atoms with Gasteiger partial charge in [0, 0.05) is 21.2 Å². The van der Waals surface area contributed by atoms with Crippen molar-refractivity contribution in [1.29, 1.82) is 5.26 Å². The highest BCUT2D eigenvalue weighted by Crippen LogP contribution is 2.29. The highest BCUT2D eigenvalue weighted by molar-refractivity contribution is 6.31. The van der Waals surface area contributed by atoms with E-state index in [1.165, 1.54) is 0 Å². The van der Waals surface area contributed by atoms with Gasteiger partial charge in [0.2, 0.25) is 0 Å². The zero-order valence-corrected chi connectivity index (χ0v) is 16.7. The van der Waals surface area contributed by atoms with Crippen LogP contribution >= 0.6 is 23.2 Å². The number of H-pyrrole nitrogens is 1. The average Bonchev–Trinajstić information content (AvgIpc) is 3.16. The molecule has 0 aliphatic heterocycles. The van der Waals surface area contributed by atoms with Crippen molar-refractivity contribution in [2.24, 2.45) is 0 Å². The molecule has 0 amide bonds. The first kappa shape index (κ1) is 19.1. The third-order valence-corrected chi connectivity index (χ3v) is 4.98. The molecule has 4 rings (SSSR count).